The predicted molar refractivity (Wildman–Crippen MR) is 73.7 cm³/mol. The third-order valence-electron chi connectivity index (χ3n) is 3.21. The molecule has 0 aliphatic carbocycles. The summed E-state index contributed by atoms with van der Waals surface area (Å²) in [7, 11) is 0. The Bertz CT molecular complexity index is 306. The second-order valence-corrected chi connectivity index (χ2v) is 5.52. The molecule has 1 fully saturated rings. The number of hydrogen-bond acceptors (Lipinski definition) is 5. The molecule has 4 nitrogen and oxygen atoms in total. The fourth-order valence-corrected chi connectivity index (χ4v) is 2.98. The van der Waals surface area contributed by atoms with Crippen molar-refractivity contribution in [2.24, 2.45) is 5.73 Å². The smallest absolute Gasteiger partial charge is 0.185 e. The van der Waals surface area contributed by atoms with E-state index in [1.165, 1.54) is 6.42 Å². The van der Waals surface area contributed by atoms with Crippen LogP contribution in [0.4, 0.5) is 5.13 Å². The molecular formula is C12H22N4S. The first-order valence-electron chi connectivity index (χ1n) is 6.42. The Kier molecular flexibility index (Phi) is 4.76. The quantitative estimate of drug-likeness (QED) is 0.862. The van der Waals surface area contributed by atoms with Crippen LogP contribution in [0.1, 0.15) is 19.8 Å². The summed E-state index contributed by atoms with van der Waals surface area (Å²) in [5, 5.41) is 3.20. The van der Waals surface area contributed by atoms with Gasteiger partial charge in [0.1, 0.15) is 0 Å². The van der Waals surface area contributed by atoms with E-state index in [1.807, 2.05) is 11.6 Å². The number of thiazole rings is 1. The number of piperazine rings is 1. The van der Waals surface area contributed by atoms with Crippen LogP contribution >= 0.6 is 11.3 Å². The van der Waals surface area contributed by atoms with Crippen molar-refractivity contribution >= 4 is 16.5 Å². The molecule has 17 heavy (non-hydrogen) atoms. The summed E-state index contributed by atoms with van der Waals surface area (Å²) >= 11 is 1.72. The molecule has 5 heteroatoms. The highest BCUT2D eigenvalue weighted by molar-refractivity contribution is 7.13. The predicted octanol–water partition coefficient (Wildman–Crippen LogP) is 1.39. The topological polar surface area (TPSA) is 45.4 Å². The molecule has 2 rings (SSSR count). The van der Waals surface area contributed by atoms with E-state index in [0.717, 1.165) is 44.3 Å². The van der Waals surface area contributed by atoms with Crippen molar-refractivity contribution in [2.45, 2.75) is 25.8 Å². The van der Waals surface area contributed by atoms with E-state index in [2.05, 4.69) is 21.7 Å². The molecule has 0 amide bonds. The fraction of sp³-hybridized carbons (Fsp3) is 0.750. The summed E-state index contributed by atoms with van der Waals surface area (Å²) in [5.41, 5.74) is 6.08. The number of anilines is 1. The monoisotopic (exact) mass is 254 g/mol. The molecule has 1 aliphatic rings. The Morgan fingerprint density at radius 3 is 2.76 bits per heavy atom. The summed E-state index contributed by atoms with van der Waals surface area (Å²) in [6, 6.07) is 0.339. The van der Waals surface area contributed by atoms with Crippen LogP contribution in [0.25, 0.3) is 0 Å². The van der Waals surface area contributed by atoms with Crippen LogP contribution in [0.5, 0.6) is 0 Å². The Morgan fingerprint density at radius 1 is 1.41 bits per heavy atom. The molecule has 1 atom stereocenters. The van der Waals surface area contributed by atoms with Crippen LogP contribution in [0.15, 0.2) is 11.6 Å². The molecule has 0 saturated carbocycles. The molecule has 0 spiro atoms. The number of nitrogens with zero attached hydrogens (tertiary/aromatic N) is 3. The van der Waals surface area contributed by atoms with Gasteiger partial charge in [-0.2, -0.15) is 0 Å². The van der Waals surface area contributed by atoms with Gasteiger partial charge in [0.05, 0.1) is 0 Å². The molecule has 2 heterocycles. The lowest BCUT2D eigenvalue weighted by Gasteiger charge is -2.35. The van der Waals surface area contributed by atoms with Gasteiger partial charge in [-0.3, -0.25) is 4.90 Å². The number of nitrogens with two attached hydrogens (primary N) is 1. The molecule has 0 bridgehead atoms. The number of aromatic nitrogens is 1. The van der Waals surface area contributed by atoms with E-state index in [1.54, 1.807) is 11.3 Å². The van der Waals surface area contributed by atoms with E-state index < -0.39 is 0 Å². The van der Waals surface area contributed by atoms with Gasteiger partial charge < -0.3 is 10.6 Å². The third kappa shape index (κ3) is 3.66. The molecule has 0 unspecified atom stereocenters. The molecule has 2 N–H and O–H groups in total. The molecule has 1 aromatic rings. The molecule has 1 aliphatic heterocycles. The van der Waals surface area contributed by atoms with E-state index in [4.69, 9.17) is 5.73 Å². The maximum absolute atomic E-state index is 6.08. The zero-order valence-electron chi connectivity index (χ0n) is 10.5. The first kappa shape index (κ1) is 12.8. The van der Waals surface area contributed by atoms with Crippen molar-refractivity contribution in [3.8, 4) is 0 Å². The van der Waals surface area contributed by atoms with Crippen molar-refractivity contribution in [1.29, 1.82) is 0 Å². The minimum Gasteiger partial charge on any atom is -0.346 e. The third-order valence-corrected chi connectivity index (χ3v) is 4.05. The Balaban J connectivity index is 1.74. The Hall–Kier alpha value is -0.650. The summed E-state index contributed by atoms with van der Waals surface area (Å²) in [6.45, 7) is 7.60. The molecule has 1 aromatic heterocycles. The maximum atomic E-state index is 6.08. The number of rotatable bonds is 5. The molecule has 0 radical (unpaired) electrons. The normalized spacial score (nSPS) is 19.5. The largest absolute Gasteiger partial charge is 0.346 e. The average Bonchev–Trinajstić information content (AvgIpc) is 2.84. The van der Waals surface area contributed by atoms with Gasteiger partial charge in [-0.25, -0.2) is 4.98 Å². The SMILES string of the molecule is CCC[C@H](N)CN1CCN(c2nccs2)CC1. The van der Waals surface area contributed by atoms with Gasteiger partial charge in [0.15, 0.2) is 5.13 Å². The summed E-state index contributed by atoms with van der Waals surface area (Å²) < 4.78 is 0. The highest BCUT2D eigenvalue weighted by Crippen LogP contribution is 2.18. The standard InChI is InChI=1S/C12H22N4S/c1-2-3-11(13)10-15-5-7-16(8-6-15)12-14-4-9-17-12/h4,9,11H,2-3,5-8,10,13H2,1H3/t11-/m0/s1. The summed E-state index contributed by atoms with van der Waals surface area (Å²) in [4.78, 5) is 9.20. The van der Waals surface area contributed by atoms with Gasteiger partial charge in [0.25, 0.3) is 0 Å². The number of hydrogen-bond donors (Lipinski definition) is 1. The second-order valence-electron chi connectivity index (χ2n) is 4.65. The van der Waals surface area contributed by atoms with Gasteiger partial charge in [0, 0.05) is 50.3 Å². The van der Waals surface area contributed by atoms with Crippen LogP contribution in [-0.2, 0) is 0 Å². The highest BCUT2D eigenvalue weighted by atomic mass is 32.1. The molecule has 0 aromatic carbocycles. The van der Waals surface area contributed by atoms with E-state index in [9.17, 15) is 0 Å². The average molecular weight is 254 g/mol. The van der Waals surface area contributed by atoms with Gasteiger partial charge >= 0.3 is 0 Å². The molecular weight excluding hydrogens is 232 g/mol. The highest BCUT2D eigenvalue weighted by Gasteiger charge is 2.19. The van der Waals surface area contributed by atoms with Crippen LogP contribution in [-0.4, -0.2) is 48.6 Å². The lowest BCUT2D eigenvalue weighted by molar-refractivity contribution is 0.238. The van der Waals surface area contributed by atoms with Crippen molar-refractivity contribution in [3.63, 3.8) is 0 Å². The lowest BCUT2D eigenvalue weighted by atomic mass is 10.1. The minimum atomic E-state index is 0.339. The first-order chi connectivity index (χ1) is 8.29. The second kappa shape index (κ2) is 6.33. The van der Waals surface area contributed by atoms with Crippen LogP contribution in [0, 0.1) is 0 Å². The summed E-state index contributed by atoms with van der Waals surface area (Å²) in [6.07, 6.45) is 4.19. The minimum absolute atomic E-state index is 0.339. The van der Waals surface area contributed by atoms with Gasteiger partial charge in [-0.05, 0) is 6.42 Å². The van der Waals surface area contributed by atoms with Gasteiger partial charge in [0.2, 0.25) is 0 Å². The zero-order chi connectivity index (χ0) is 12.1. The van der Waals surface area contributed by atoms with E-state index in [-0.39, 0.29) is 0 Å². The van der Waals surface area contributed by atoms with Crippen molar-refractivity contribution < 1.29 is 0 Å². The van der Waals surface area contributed by atoms with Crippen LogP contribution in [0.3, 0.4) is 0 Å². The van der Waals surface area contributed by atoms with E-state index >= 15 is 0 Å². The van der Waals surface area contributed by atoms with Crippen molar-refractivity contribution in [3.05, 3.63) is 11.6 Å². The van der Waals surface area contributed by atoms with Crippen LogP contribution in [0.2, 0.25) is 0 Å². The van der Waals surface area contributed by atoms with E-state index in [0.29, 0.717) is 6.04 Å². The van der Waals surface area contributed by atoms with Crippen LogP contribution < -0.4 is 10.6 Å². The first-order valence-corrected chi connectivity index (χ1v) is 7.30. The fourth-order valence-electron chi connectivity index (χ4n) is 2.29. The molecule has 96 valence electrons. The van der Waals surface area contributed by atoms with Crippen molar-refractivity contribution in [1.82, 2.24) is 9.88 Å². The molecule has 1 saturated heterocycles. The zero-order valence-corrected chi connectivity index (χ0v) is 11.3. The van der Waals surface area contributed by atoms with Crippen molar-refractivity contribution in [2.75, 3.05) is 37.6 Å². The Labute approximate surface area is 107 Å². The Morgan fingerprint density at radius 2 is 2.18 bits per heavy atom. The van der Waals surface area contributed by atoms with Gasteiger partial charge in [-0.1, -0.05) is 13.3 Å². The van der Waals surface area contributed by atoms with Gasteiger partial charge in [-0.15, -0.1) is 11.3 Å². The lowest BCUT2D eigenvalue weighted by Crippen LogP contribution is -2.49. The maximum Gasteiger partial charge on any atom is 0.185 e. The summed E-state index contributed by atoms with van der Waals surface area (Å²) in [5.74, 6) is 0.